The van der Waals surface area contributed by atoms with Crippen LogP contribution in [0.2, 0.25) is 5.15 Å². The lowest BCUT2D eigenvalue weighted by Crippen LogP contribution is -2.10. The van der Waals surface area contributed by atoms with Crippen LogP contribution in [-0.4, -0.2) is 131 Å². The number of carboxylic acid groups (broad SMARTS) is 1. The van der Waals surface area contributed by atoms with Crippen molar-refractivity contribution in [3.8, 4) is 34.5 Å². The third kappa shape index (κ3) is 20.5. The van der Waals surface area contributed by atoms with Crippen molar-refractivity contribution in [2.24, 2.45) is 5.73 Å². The van der Waals surface area contributed by atoms with Crippen LogP contribution in [-0.2, 0) is 27.3 Å². The van der Waals surface area contributed by atoms with E-state index >= 15 is 0 Å². The number of ether oxygens (including phenoxy) is 9. The van der Waals surface area contributed by atoms with Gasteiger partial charge in [-0.3, -0.25) is 0 Å². The fraction of sp³-hybridized carbons (Fsp3) is 0.304. The number of anilines is 3. The molecule has 26 nitrogen and oxygen atoms in total. The van der Waals surface area contributed by atoms with Crippen molar-refractivity contribution in [3.63, 3.8) is 0 Å². The number of carbonyl (C=O) groups excluding carboxylic acids is 3. The number of nitrogens with one attached hydrogen (secondary N) is 1. The quantitative estimate of drug-likeness (QED) is 0.0467. The van der Waals surface area contributed by atoms with Gasteiger partial charge in [0.05, 0.1) is 68.0 Å². The molecule has 0 amide bonds. The maximum atomic E-state index is 11.7. The summed E-state index contributed by atoms with van der Waals surface area (Å²) in [7, 11) is 9.49. The minimum absolute atomic E-state index is 0.0903. The second-order valence-electron chi connectivity index (χ2n) is 13.2. The number of hydrogen-bond acceptors (Lipinski definition) is 25. The summed E-state index contributed by atoms with van der Waals surface area (Å²) >= 11 is 5.53. The Hall–Kier alpha value is -8.91. The van der Waals surface area contributed by atoms with E-state index in [1.165, 1.54) is 43.2 Å². The van der Waals surface area contributed by atoms with Crippen LogP contribution in [0.4, 0.5) is 17.5 Å². The lowest BCUT2D eigenvalue weighted by molar-refractivity contribution is 0.0510. The molecule has 0 atom stereocenters. The minimum Gasteiger partial charge on any atom is -0.496 e. The number of esters is 3. The molecule has 0 fully saturated rings. The van der Waals surface area contributed by atoms with Gasteiger partial charge in [-0.15, -0.1) is 0 Å². The zero-order valence-electron chi connectivity index (χ0n) is 41.4. The maximum Gasteiger partial charge on any atom is 0.357 e. The summed E-state index contributed by atoms with van der Waals surface area (Å²) in [6, 6.07) is 12.6. The highest BCUT2D eigenvalue weighted by Gasteiger charge is 2.16. The van der Waals surface area contributed by atoms with Crippen LogP contribution in [0.5, 0.6) is 34.5 Å². The molecule has 8 N–H and O–H groups in total. The van der Waals surface area contributed by atoms with E-state index in [1.54, 1.807) is 87.7 Å². The second-order valence-corrected chi connectivity index (χ2v) is 13.6. The number of nitrogens with two attached hydrogens (primary N) is 3. The molecule has 0 aliphatic carbocycles. The van der Waals surface area contributed by atoms with Gasteiger partial charge in [-0.2, -0.15) is 0 Å². The van der Waals surface area contributed by atoms with E-state index in [9.17, 15) is 19.2 Å². The van der Waals surface area contributed by atoms with E-state index in [1.807, 2.05) is 0 Å². The lowest BCUT2D eigenvalue weighted by Gasteiger charge is -2.16. The minimum atomic E-state index is -1.10. The first-order chi connectivity index (χ1) is 35.1. The number of carbonyl (C=O) groups is 4. The fourth-order valence-corrected chi connectivity index (χ4v) is 5.46. The number of aromatic nitrogens is 8. The van der Waals surface area contributed by atoms with Gasteiger partial charge in [0.1, 0.15) is 82.4 Å². The SMILES string of the molecule is CCOC(=O)c1cc(Cl)ncn1.CCOC(=O)c1cc(N)ncn1.CCOC(=O)c1cc(NCc2c(OC)cc(OC)cc2OC)ncn1.COc1cc(OC)c(CN)c(OC)c1.Nc1cc(C(=O)O)ncn1. The van der Waals surface area contributed by atoms with Crippen LogP contribution >= 0.6 is 11.6 Å². The van der Waals surface area contributed by atoms with Crippen LogP contribution in [0.15, 0.2) is 73.8 Å². The van der Waals surface area contributed by atoms with Gasteiger partial charge in [0.25, 0.3) is 0 Å². The van der Waals surface area contributed by atoms with Crippen LogP contribution in [0.1, 0.15) is 73.9 Å². The molecule has 6 aromatic rings. The molecule has 73 heavy (non-hydrogen) atoms. The average Bonchev–Trinajstić information content (AvgIpc) is 3.40. The third-order valence-electron chi connectivity index (χ3n) is 8.63. The summed E-state index contributed by atoms with van der Waals surface area (Å²) in [5, 5.41) is 11.7. The van der Waals surface area contributed by atoms with Crippen LogP contribution < -0.4 is 50.9 Å². The molecule has 0 aliphatic rings. The van der Waals surface area contributed by atoms with Crippen molar-refractivity contribution in [2.45, 2.75) is 33.9 Å². The smallest absolute Gasteiger partial charge is 0.357 e. The number of aromatic carboxylic acids is 1. The number of benzene rings is 2. The zero-order chi connectivity index (χ0) is 54.3. The molecular weight excluding hydrogens is 980 g/mol. The predicted molar refractivity (Wildman–Crippen MR) is 264 cm³/mol. The number of nitrogens with zero attached hydrogens (tertiary/aromatic N) is 8. The summed E-state index contributed by atoms with van der Waals surface area (Å²) in [5.41, 5.74) is 18.2. The summed E-state index contributed by atoms with van der Waals surface area (Å²) in [6.45, 7) is 6.85. The van der Waals surface area contributed by atoms with Crippen molar-refractivity contribution < 1.29 is 66.9 Å². The van der Waals surface area contributed by atoms with E-state index < -0.39 is 23.9 Å². The maximum absolute atomic E-state index is 11.7. The highest BCUT2D eigenvalue weighted by atomic mass is 35.5. The van der Waals surface area contributed by atoms with Crippen LogP contribution in [0.25, 0.3) is 0 Å². The Morgan fingerprint density at radius 3 is 1.23 bits per heavy atom. The summed E-state index contributed by atoms with van der Waals surface area (Å²) in [6.07, 6.45) is 4.85. The molecular formula is C46H57ClN12O14. The summed E-state index contributed by atoms with van der Waals surface area (Å²) < 4.78 is 45.8. The Labute approximate surface area is 424 Å². The topological polar surface area (TPSA) is 365 Å². The van der Waals surface area contributed by atoms with E-state index in [0.29, 0.717) is 66.6 Å². The molecule has 0 saturated heterocycles. The monoisotopic (exact) mass is 1040 g/mol. The standard InChI is InChI=1S/C17H21N3O5.C10H15NO3.C7H7ClN2O2.C7H9N3O2.C5H5N3O2/c1-5-25-17(21)13-8-16(20-10-19-13)18-9-12-14(23-3)6-11(22-2)7-15(12)24-4;1-12-7-4-9(13-2)8(6-11)10(5-7)14-3;2*1-2-12-7(11)5-3-6(8)10-4-9-5;6-4-1-3(5(9)10)7-2-8-4/h6-8,10H,5,9H2,1-4H3,(H,18,19,20);4-5H,6,11H2,1-3H3;3-4H,2H2,1H3;3-4H,2H2,1H3,(H2,8,9,10);1-2H,(H,9,10)(H2,6,7,8). The van der Waals surface area contributed by atoms with Gasteiger partial charge >= 0.3 is 23.9 Å². The highest BCUT2D eigenvalue weighted by molar-refractivity contribution is 6.29. The van der Waals surface area contributed by atoms with Gasteiger partial charge in [0.2, 0.25) is 0 Å². The van der Waals surface area contributed by atoms with E-state index in [-0.39, 0.29) is 46.2 Å². The van der Waals surface area contributed by atoms with Gasteiger partial charge < -0.3 is 70.3 Å². The Balaban J connectivity index is 0.000000328. The number of halogens is 1. The summed E-state index contributed by atoms with van der Waals surface area (Å²) in [5.74, 6) is 2.26. The van der Waals surface area contributed by atoms with Crippen LogP contribution in [0.3, 0.4) is 0 Å². The lowest BCUT2D eigenvalue weighted by atomic mass is 10.1. The normalized spacial score (nSPS) is 9.68. The van der Waals surface area contributed by atoms with E-state index in [0.717, 1.165) is 17.5 Å². The first-order valence-electron chi connectivity index (χ1n) is 21.3. The summed E-state index contributed by atoms with van der Waals surface area (Å²) in [4.78, 5) is 73.7. The van der Waals surface area contributed by atoms with Crippen molar-refractivity contribution in [1.82, 2.24) is 39.9 Å². The first-order valence-corrected chi connectivity index (χ1v) is 21.7. The molecule has 0 radical (unpaired) electrons. The van der Waals surface area contributed by atoms with Crippen molar-refractivity contribution in [3.05, 3.63) is 113 Å². The van der Waals surface area contributed by atoms with Gasteiger partial charge in [0, 0.05) is 67.2 Å². The molecule has 0 saturated carbocycles. The number of carboxylic acids is 1. The highest BCUT2D eigenvalue weighted by Crippen LogP contribution is 2.35. The van der Waals surface area contributed by atoms with Crippen molar-refractivity contribution >= 4 is 52.9 Å². The van der Waals surface area contributed by atoms with E-state index in [4.69, 9.17) is 76.5 Å². The largest absolute Gasteiger partial charge is 0.496 e. The molecule has 4 aromatic heterocycles. The number of methoxy groups -OCH3 is 6. The van der Waals surface area contributed by atoms with Gasteiger partial charge in [-0.1, -0.05) is 11.6 Å². The molecule has 0 spiro atoms. The molecule has 392 valence electrons. The Morgan fingerprint density at radius 2 is 0.877 bits per heavy atom. The molecule has 0 bridgehead atoms. The van der Waals surface area contributed by atoms with Gasteiger partial charge in [0.15, 0.2) is 22.8 Å². The molecule has 0 unspecified atom stereocenters. The molecule has 6 rings (SSSR count). The molecule has 27 heteroatoms. The van der Waals surface area contributed by atoms with Crippen molar-refractivity contribution in [1.29, 1.82) is 0 Å². The van der Waals surface area contributed by atoms with Crippen LogP contribution in [0, 0.1) is 0 Å². The molecule has 4 heterocycles. The zero-order valence-corrected chi connectivity index (χ0v) is 42.2. The predicted octanol–water partition coefficient (Wildman–Crippen LogP) is 4.76. The third-order valence-corrected chi connectivity index (χ3v) is 8.84. The Kier molecular flexibility index (Phi) is 27.1. The van der Waals surface area contributed by atoms with E-state index in [2.05, 4.69) is 45.2 Å². The number of nitrogen functional groups attached to an aromatic ring is 2. The Bertz CT molecular complexity index is 2600. The van der Waals surface area contributed by atoms with Gasteiger partial charge in [-0.05, 0) is 20.8 Å². The Morgan fingerprint density at radius 1 is 0.507 bits per heavy atom. The second kappa shape index (κ2) is 32.8. The van der Waals surface area contributed by atoms with Crippen molar-refractivity contribution in [2.75, 3.05) is 79.3 Å². The average molecular weight is 1040 g/mol. The number of rotatable bonds is 17. The first kappa shape index (κ1) is 60.2. The molecule has 0 aliphatic heterocycles. The number of hydrogen-bond donors (Lipinski definition) is 5. The van der Waals surface area contributed by atoms with Gasteiger partial charge in [-0.25, -0.2) is 59.0 Å². The molecule has 2 aromatic carbocycles. The fourth-order valence-electron chi connectivity index (χ4n) is 5.31.